The molecule has 0 saturated heterocycles. The zero-order valence-electron chi connectivity index (χ0n) is 19.3. The lowest BCUT2D eigenvalue weighted by atomic mass is 9.78. The molecule has 174 valence electrons. The van der Waals surface area contributed by atoms with Crippen LogP contribution >= 0.6 is 11.3 Å². The molecule has 6 nitrogen and oxygen atoms in total. The lowest BCUT2D eigenvalue weighted by molar-refractivity contribution is -0.142. The quantitative estimate of drug-likeness (QED) is 0.351. The molecular formula is C27H26N2O4S. The third-order valence-corrected chi connectivity index (χ3v) is 6.82. The van der Waals surface area contributed by atoms with Gasteiger partial charge in [-0.05, 0) is 55.3 Å². The van der Waals surface area contributed by atoms with Gasteiger partial charge < -0.3 is 14.8 Å². The van der Waals surface area contributed by atoms with Crippen LogP contribution in [0.15, 0.2) is 72.8 Å². The summed E-state index contributed by atoms with van der Waals surface area (Å²) in [5, 5.41) is 4.01. The molecule has 1 aromatic heterocycles. The number of nitrogens with one attached hydrogen (secondary N) is 1. The molecule has 0 aliphatic carbocycles. The average Bonchev–Trinajstić information content (AvgIpc) is 3.26. The van der Waals surface area contributed by atoms with Gasteiger partial charge in [0, 0.05) is 12.1 Å². The topological polar surface area (TPSA) is 77.5 Å². The number of para-hydroxylation sites is 1. The third-order valence-electron chi connectivity index (χ3n) is 5.79. The molecule has 4 rings (SSSR count). The van der Waals surface area contributed by atoms with Crippen LogP contribution in [0, 0.1) is 6.92 Å². The molecule has 0 aliphatic rings. The predicted molar refractivity (Wildman–Crippen MR) is 134 cm³/mol. The number of esters is 1. The van der Waals surface area contributed by atoms with Crippen molar-refractivity contribution in [2.24, 2.45) is 0 Å². The zero-order chi connectivity index (χ0) is 24.1. The summed E-state index contributed by atoms with van der Waals surface area (Å²) < 4.78 is 11.2. The van der Waals surface area contributed by atoms with E-state index in [4.69, 9.17) is 9.72 Å². The number of methoxy groups -OCH3 is 1. The van der Waals surface area contributed by atoms with E-state index in [1.807, 2.05) is 68.4 Å². The molecule has 0 bridgehead atoms. The second-order valence-corrected chi connectivity index (χ2v) is 9.36. The van der Waals surface area contributed by atoms with Crippen molar-refractivity contribution in [3.05, 3.63) is 88.9 Å². The van der Waals surface area contributed by atoms with Gasteiger partial charge in [0.2, 0.25) is 5.91 Å². The van der Waals surface area contributed by atoms with Crippen LogP contribution in [0.3, 0.4) is 0 Å². The van der Waals surface area contributed by atoms with E-state index < -0.39 is 11.4 Å². The normalized spacial score (nSPS) is 12.7. The van der Waals surface area contributed by atoms with E-state index in [9.17, 15) is 9.59 Å². The number of aromatic nitrogens is 1. The molecule has 0 radical (unpaired) electrons. The van der Waals surface area contributed by atoms with Gasteiger partial charge in [-0.15, -0.1) is 11.3 Å². The minimum atomic E-state index is -0.832. The SMILES string of the molecule is COC(=O)COc1ccc(NC(=O)C(C)(Cc2nc3ccccc3s2)c2ccccc2)c(C)c1. The number of rotatable bonds is 8. The number of aryl methyl sites for hydroxylation is 1. The molecule has 0 fully saturated rings. The van der Waals surface area contributed by atoms with Gasteiger partial charge >= 0.3 is 5.97 Å². The number of nitrogens with zero attached hydrogens (tertiary/aromatic N) is 1. The van der Waals surface area contributed by atoms with Crippen molar-refractivity contribution in [1.29, 1.82) is 0 Å². The van der Waals surface area contributed by atoms with Crippen LogP contribution in [0.1, 0.15) is 23.1 Å². The smallest absolute Gasteiger partial charge is 0.343 e. The lowest BCUT2D eigenvalue weighted by Crippen LogP contribution is -2.39. The zero-order valence-corrected chi connectivity index (χ0v) is 20.1. The molecule has 1 amide bonds. The van der Waals surface area contributed by atoms with Gasteiger partial charge in [0.25, 0.3) is 0 Å². The Kier molecular flexibility index (Phi) is 6.93. The molecule has 0 spiro atoms. The van der Waals surface area contributed by atoms with Gasteiger partial charge in [0.05, 0.1) is 27.7 Å². The Hall–Kier alpha value is -3.71. The summed E-state index contributed by atoms with van der Waals surface area (Å²) in [4.78, 5) is 29.8. The van der Waals surface area contributed by atoms with Gasteiger partial charge in [-0.25, -0.2) is 9.78 Å². The number of anilines is 1. The van der Waals surface area contributed by atoms with E-state index in [1.165, 1.54) is 7.11 Å². The fraction of sp³-hybridized carbons (Fsp3) is 0.222. The van der Waals surface area contributed by atoms with Crippen molar-refractivity contribution in [3.8, 4) is 5.75 Å². The highest BCUT2D eigenvalue weighted by Crippen LogP contribution is 2.34. The maximum absolute atomic E-state index is 13.7. The maximum atomic E-state index is 13.7. The summed E-state index contributed by atoms with van der Waals surface area (Å²) >= 11 is 1.61. The molecule has 1 unspecified atom stereocenters. The summed E-state index contributed by atoms with van der Waals surface area (Å²) in [6, 6.07) is 23.1. The van der Waals surface area contributed by atoms with E-state index in [0.29, 0.717) is 17.9 Å². The van der Waals surface area contributed by atoms with Crippen LogP contribution < -0.4 is 10.1 Å². The molecular weight excluding hydrogens is 448 g/mol. The number of ether oxygens (including phenoxy) is 2. The van der Waals surface area contributed by atoms with E-state index in [0.717, 1.165) is 26.4 Å². The number of amides is 1. The Morgan fingerprint density at radius 1 is 1.03 bits per heavy atom. The number of carbonyl (C=O) groups excluding carboxylic acids is 2. The molecule has 1 N–H and O–H groups in total. The Bertz CT molecular complexity index is 1290. The lowest BCUT2D eigenvalue weighted by Gasteiger charge is -2.28. The third kappa shape index (κ3) is 5.10. The van der Waals surface area contributed by atoms with E-state index >= 15 is 0 Å². The average molecular weight is 475 g/mol. The highest BCUT2D eigenvalue weighted by Gasteiger charge is 2.36. The number of hydrogen-bond donors (Lipinski definition) is 1. The van der Waals surface area contributed by atoms with Gasteiger partial charge in [0.15, 0.2) is 6.61 Å². The second kappa shape index (κ2) is 10.1. The molecule has 34 heavy (non-hydrogen) atoms. The van der Waals surface area contributed by atoms with Crippen LogP contribution in [0.5, 0.6) is 5.75 Å². The van der Waals surface area contributed by atoms with Crippen LogP contribution in [-0.2, 0) is 26.2 Å². The monoisotopic (exact) mass is 474 g/mol. The van der Waals surface area contributed by atoms with Crippen molar-refractivity contribution in [2.45, 2.75) is 25.7 Å². The van der Waals surface area contributed by atoms with Crippen molar-refractivity contribution in [1.82, 2.24) is 4.98 Å². The van der Waals surface area contributed by atoms with Gasteiger partial charge in [-0.1, -0.05) is 42.5 Å². The van der Waals surface area contributed by atoms with Gasteiger partial charge in [0.1, 0.15) is 5.75 Å². The minimum Gasteiger partial charge on any atom is -0.482 e. The first kappa shape index (κ1) is 23.4. The number of benzene rings is 3. The van der Waals surface area contributed by atoms with E-state index in [-0.39, 0.29) is 12.5 Å². The summed E-state index contributed by atoms with van der Waals surface area (Å²) in [7, 11) is 1.31. The number of hydrogen-bond acceptors (Lipinski definition) is 6. The van der Waals surface area contributed by atoms with Crippen LogP contribution in [-0.4, -0.2) is 30.6 Å². The summed E-state index contributed by atoms with van der Waals surface area (Å²) in [5.74, 6) is -0.0472. The highest BCUT2D eigenvalue weighted by molar-refractivity contribution is 7.18. The fourth-order valence-electron chi connectivity index (χ4n) is 3.75. The maximum Gasteiger partial charge on any atom is 0.343 e. The number of fused-ring (bicyclic) bond motifs is 1. The Balaban J connectivity index is 1.59. The van der Waals surface area contributed by atoms with Crippen LogP contribution in [0.4, 0.5) is 5.69 Å². The van der Waals surface area contributed by atoms with Crippen molar-refractivity contribution in [2.75, 3.05) is 19.0 Å². The number of carbonyl (C=O) groups is 2. The highest BCUT2D eigenvalue weighted by atomic mass is 32.1. The standard InChI is InChI=1S/C27H26N2O4S/c1-18-15-20(33-17-25(30)32-3)13-14-21(18)29-26(31)27(2,19-9-5-4-6-10-19)16-24-28-22-11-7-8-12-23(22)34-24/h4-15H,16-17H2,1-3H3,(H,29,31). The van der Waals surface area contributed by atoms with Gasteiger partial charge in [-0.2, -0.15) is 0 Å². The summed E-state index contributed by atoms with van der Waals surface area (Å²) in [5.41, 5.74) is 2.54. The minimum absolute atomic E-state index is 0.121. The van der Waals surface area contributed by atoms with Crippen molar-refractivity contribution in [3.63, 3.8) is 0 Å². The summed E-state index contributed by atoms with van der Waals surface area (Å²) in [6.45, 7) is 3.66. The molecule has 0 saturated carbocycles. The first-order chi connectivity index (χ1) is 16.4. The van der Waals surface area contributed by atoms with Crippen molar-refractivity contribution < 1.29 is 19.1 Å². The Morgan fingerprint density at radius 2 is 1.76 bits per heavy atom. The van der Waals surface area contributed by atoms with E-state index in [2.05, 4.69) is 10.1 Å². The first-order valence-corrected chi connectivity index (χ1v) is 11.7. The fourth-order valence-corrected chi connectivity index (χ4v) is 4.87. The van der Waals surface area contributed by atoms with Gasteiger partial charge in [-0.3, -0.25) is 4.79 Å². The first-order valence-electron chi connectivity index (χ1n) is 10.9. The molecule has 1 heterocycles. The number of thiazole rings is 1. The molecule has 4 aromatic rings. The van der Waals surface area contributed by atoms with Crippen LogP contribution in [0.2, 0.25) is 0 Å². The predicted octanol–water partition coefficient (Wildman–Crippen LogP) is 5.30. The molecule has 7 heteroatoms. The van der Waals surface area contributed by atoms with Crippen molar-refractivity contribution >= 4 is 39.1 Å². The van der Waals surface area contributed by atoms with E-state index in [1.54, 1.807) is 29.5 Å². The molecule has 3 aromatic carbocycles. The molecule has 0 aliphatic heterocycles. The Morgan fingerprint density at radius 3 is 2.47 bits per heavy atom. The summed E-state index contributed by atoms with van der Waals surface area (Å²) in [6.07, 6.45) is 0.474. The van der Waals surface area contributed by atoms with Crippen LogP contribution in [0.25, 0.3) is 10.2 Å². The second-order valence-electron chi connectivity index (χ2n) is 8.25. The Labute approximate surface area is 202 Å². The molecule has 1 atom stereocenters. The largest absolute Gasteiger partial charge is 0.482 e.